The molecular formula is C15H16ClNO4S. The number of carbonyl (C=O) groups excluding carboxylic acids is 1. The van der Waals surface area contributed by atoms with Crippen LogP contribution in [0.1, 0.15) is 12.8 Å². The van der Waals surface area contributed by atoms with Crippen LogP contribution in [-0.4, -0.2) is 38.8 Å². The number of ether oxygens (including phenoxy) is 1. The van der Waals surface area contributed by atoms with Crippen molar-refractivity contribution in [2.24, 2.45) is 0 Å². The predicted octanol–water partition coefficient (Wildman–Crippen LogP) is 2.16. The molecule has 7 heteroatoms. The highest BCUT2D eigenvalue weighted by Gasteiger charge is 2.36. The third-order valence-electron chi connectivity index (χ3n) is 3.77. The number of halogens is 1. The fraction of sp³-hybridized carbons (Fsp3) is 0.400. The van der Waals surface area contributed by atoms with E-state index in [0.717, 1.165) is 11.8 Å². The molecule has 118 valence electrons. The van der Waals surface area contributed by atoms with Gasteiger partial charge in [-0.3, -0.25) is 4.79 Å². The third-order valence-corrected chi connectivity index (χ3v) is 5.38. The van der Waals surface area contributed by atoms with Crippen LogP contribution in [0.5, 0.6) is 0 Å². The van der Waals surface area contributed by atoms with Crippen molar-refractivity contribution in [3.05, 3.63) is 40.8 Å². The summed E-state index contributed by atoms with van der Waals surface area (Å²) in [7, 11) is -3.26. The highest BCUT2D eigenvalue weighted by atomic mass is 35.5. The molecule has 0 unspecified atom stereocenters. The number of carbonyl (C=O) groups is 1. The molecule has 1 amide bonds. The summed E-state index contributed by atoms with van der Waals surface area (Å²) in [6.07, 6.45) is 2.51. The molecule has 22 heavy (non-hydrogen) atoms. The molecule has 0 aliphatic carbocycles. The van der Waals surface area contributed by atoms with E-state index in [-0.39, 0.29) is 11.7 Å². The van der Waals surface area contributed by atoms with Crippen LogP contribution in [0, 0.1) is 0 Å². The topological polar surface area (TPSA) is 63.7 Å². The first-order valence-corrected chi connectivity index (χ1v) is 9.17. The number of rotatable bonds is 3. The maximum Gasteiger partial charge on any atom is 0.256 e. The molecular weight excluding hydrogens is 326 g/mol. The van der Waals surface area contributed by atoms with E-state index in [1.165, 1.54) is 4.90 Å². The standard InChI is InChI=1S/C15H16ClNO4S/c16-11-3-1-4-12(9-11)17(13-6-8-22(19,20)10-13)15(18)14-5-2-7-21-14/h1,3-4,6,8-9,13-14H,2,5,7,10H2/t13-,14-/m1/s1. The van der Waals surface area contributed by atoms with Gasteiger partial charge in [0.2, 0.25) is 0 Å². The Morgan fingerprint density at radius 2 is 2.18 bits per heavy atom. The minimum Gasteiger partial charge on any atom is -0.368 e. The van der Waals surface area contributed by atoms with Gasteiger partial charge in [-0.25, -0.2) is 8.42 Å². The Balaban J connectivity index is 1.95. The Hall–Kier alpha value is -1.37. The van der Waals surface area contributed by atoms with Crippen LogP contribution in [0.3, 0.4) is 0 Å². The molecule has 0 spiro atoms. The van der Waals surface area contributed by atoms with Crippen molar-refractivity contribution < 1.29 is 17.9 Å². The molecule has 1 aromatic rings. The summed E-state index contributed by atoms with van der Waals surface area (Å²) in [6, 6.07) is 6.33. The van der Waals surface area contributed by atoms with Crippen molar-refractivity contribution in [3.63, 3.8) is 0 Å². The second-order valence-corrected chi connectivity index (χ2v) is 7.78. The first-order valence-electron chi connectivity index (χ1n) is 7.07. The first-order chi connectivity index (χ1) is 10.5. The van der Waals surface area contributed by atoms with Crippen molar-refractivity contribution in [1.82, 2.24) is 0 Å². The summed E-state index contributed by atoms with van der Waals surface area (Å²) in [5, 5.41) is 1.66. The minimum atomic E-state index is -3.26. The van der Waals surface area contributed by atoms with Crippen molar-refractivity contribution >= 4 is 33.0 Å². The Kier molecular flexibility index (Phi) is 4.25. The lowest BCUT2D eigenvalue weighted by Gasteiger charge is -2.29. The van der Waals surface area contributed by atoms with Gasteiger partial charge in [-0.2, -0.15) is 0 Å². The number of hydrogen-bond acceptors (Lipinski definition) is 4. The number of hydrogen-bond donors (Lipinski definition) is 0. The van der Waals surface area contributed by atoms with Gasteiger partial charge in [-0.05, 0) is 37.1 Å². The summed E-state index contributed by atoms with van der Waals surface area (Å²) in [5.74, 6) is -0.329. The van der Waals surface area contributed by atoms with E-state index >= 15 is 0 Å². The van der Waals surface area contributed by atoms with Crippen LogP contribution in [0.4, 0.5) is 5.69 Å². The highest BCUT2D eigenvalue weighted by Crippen LogP contribution is 2.28. The average Bonchev–Trinajstić information content (AvgIpc) is 3.09. The first kappa shape index (κ1) is 15.5. The molecule has 2 aliphatic heterocycles. The van der Waals surface area contributed by atoms with Crippen LogP contribution in [0.15, 0.2) is 35.7 Å². The number of nitrogens with zero attached hydrogens (tertiary/aromatic N) is 1. The Labute approximate surface area is 134 Å². The van der Waals surface area contributed by atoms with Gasteiger partial charge >= 0.3 is 0 Å². The summed E-state index contributed by atoms with van der Waals surface area (Å²) >= 11 is 6.01. The van der Waals surface area contributed by atoms with E-state index in [9.17, 15) is 13.2 Å². The summed E-state index contributed by atoms with van der Waals surface area (Å²) < 4.78 is 28.9. The van der Waals surface area contributed by atoms with Crippen LogP contribution in [-0.2, 0) is 19.4 Å². The van der Waals surface area contributed by atoms with E-state index in [0.29, 0.717) is 23.7 Å². The Morgan fingerprint density at radius 3 is 2.77 bits per heavy atom. The summed E-state index contributed by atoms with van der Waals surface area (Å²) in [4.78, 5) is 14.3. The minimum absolute atomic E-state index is 0.113. The van der Waals surface area contributed by atoms with Crippen molar-refractivity contribution in [1.29, 1.82) is 0 Å². The molecule has 5 nitrogen and oxygen atoms in total. The van der Waals surface area contributed by atoms with Gasteiger partial charge in [0.25, 0.3) is 5.91 Å². The molecule has 1 aromatic carbocycles. The molecule has 2 aliphatic rings. The molecule has 0 aromatic heterocycles. The fourth-order valence-corrected chi connectivity index (χ4v) is 4.21. The number of amides is 1. The van der Waals surface area contributed by atoms with Gasteiger partial charge in [-0.15, -0.1) is 0 Å². The second-order valence-electron chi connectivity index (χ2n) is 5.42. The Bertz CT molecular complexity index is 710. The van der Waals surface area contributed by atoms with Gasteiger partial charge in [0.05, 0.1) is 11.8 Å². The molecule has 0 radical (unpaired) electrons. The Morgan fingerprint density at radius 1 is 1.36 bits per heavy atom. The number of benzene rings is 1. The van der Waals surface area contributed by atoms with Crippen molar-refractivity contribution in [2.75, 3.05) is 17.3 Å². The molecule has 0 N–H and O–H groups in total. The van der Waals surface area contributed by atoms with Crippen LogP contribution >= 0.6 is 11.6 Å². The maximum absolute atomic E-state index is 12.8. The normalized spacial score (nSPS) is 26.2. The van der Waals surface area contributed by atoms with Crippen LogP contribution < -0.4 is 4.90 Å². The number of anilines is 1. The van der Waals surface area contributed by atoms with Gasteiger partial charge in [0.1, 0.15) is 6.10 Å². The molecule has 1 saturated heterocycles. The van der Waals surface area contributed by atoms with Gasteiger partial charge in [-0.1, -0.05) is 17.7 Å². The van der Waals surface area contributed by atoms with E-state index in [2.05, 4.69) is 0 Å². The third kappa shape index (κ3) is 3.19. The quantitative estimate of drug-likeness (QED) is 0.845. The zero-order valence-corrected chi connectivity index (χ0v) is 13.4. The largest absolute Gasteiger partial charge is 0.368 e. The lowest BCUT2D eigenvalue weighted by molar-refractivity contribution is -0.127. The smallest absolute Gasteiger partial charge is 0.256 e. The second kappa shape index (κ2) is 6.02. The van der Waals surface area contributed by atoms with Crippen LogP contribution in [0.2, 0.25) is 5.02 Å². The fourth-order valence-electron chi connectivity index (χ4n) is 2.76. The van der Waals surface area contributed by atoms with Gasteiger partial charge in [0, 0.05) is 22.7 Å². The molecule has 2 heterocycles. The summed E-state index contributed by atoms with van der Waals surface area (Å²) in [5.41, 5.74) is 0.583. The monoisotopic (exact) mass is 341 g/mol. The molecule has 1 fully saturated rings. The zero-order valence-electron chi connectivity index (χ0n) is 11.8. The molecule has 2 atom stereocenters. The highest BCUT2D eigenvalue weighted by molar-refractivity contribution is 7.94. The SMILES string of the molecule is O=C([C@H]1CCCO1)N(c1cccc(Cl)c1)[C@@H]1C=CS(=O)(=O)C1. The van der Waals surface area contributed by atoms with E-state index in [4.69, 9.17) is 16.3 Å². The maximum atomic E-state index is 12.8. The lowest BCUT2D eigenvalue weighted by Crippen LogP contribution is -2.46. The van der Waals surface area contributed by atoms with Crippen molar-refractivity contribution in [3.8, 4) is 0 Å². The van der Waals surface area contributed by atoms with Crippen LogP contribution in [0.25, 0.3) is 0 Å². The molecule has 3 rings (SSSR count). The predicted molar refractivity (Wildman–Crippen MR) is 84.6 cm³/mol. The number of sulfone groups is 1. The molecule has 0 bridgehead atoms. The average molecular weight is 342 g/mol. The lowest BCUT2D eigenvalue weighted by atomic mass is 10.1. The van der Waals surface area contributed by atoms with Gasteiger partial charge in [0.15, 0.2) is 9.84 Å². The summed E-state index contributed by atoms with van der Waals surface area (Å²) in [6.45, 7) is 0.554. The molecule has 0 saturated carbocycles. The van der Waals surface area contributed by atoms with E-state index in [1.54, 1.807) is 30.3 Å². The van der Waals surface area contributed by atoms with Gasteiger partial charge < -0.3 is 9.64 Å². The van der Waals surface area contributed by atoms with E-state index < -0.39 is 22.0 Å². The van der Waals surface area contributed by atoms with Crippen molar-refractivity contribution in [2.45, 2.75) is 25.0 Å². The zero-order chi connectivity index (χ0) is 15.7. The van der Waals surface area contributed by atoms with E-state index in [1.807, 2.05) is 0 Å².